The maximum atomic E-state index is 14.3. The minimum atomic E-state index is -3.63. The van der Waals surface area contributed by atoms with Crippen LogP contribution in [0.2, 0.25) is 0 Å². The highest BCUT2D eigenvalue weighted by Gasteiger charge is 2.37. The third-order valence-corrected chi connectivity index (χ3v) is 9.26. The third-order valence-electron chi connectivity index (χ3n) is 6.86. The fourth-order valence-electron chi connectivity index (χ4n) is 4.67. The molecule has 0 radical (unpaired) electrons. The number of benzene rings is 2. The zero-order valence-corrected chi connectivity index (χ0v) is 22.0. The number of rotatable bonds is 13. The Hall–Kier alpha value is -2.35. The summed E-state index contributed by atoms with van der Waals surface area (Å²) in [4.78, 5) is 0. The van der Waals surface area contributed by atoms with Gasteiger partial charge in [-0.25, -0.2) is 8.42 Å². The summed E-state index contributed by atoms with van der Waals surface area (Å²) in [5.74, 6) is 1.81. The standard InChI is InChI=1S/C28H39NO5S/c1-5-6-22(2)28(19-23-15-17-34-18-16-23)35(30,31)29(20-24-7-11-26(32-3)12-8-24)21-25-9-13-27(33-4)14-10-25/h5,7-14,22-23,28H,1,6,15-21H2,2-4H3. The molecular formula is C28H39NO5S. The molecule has 0 N–H and O–H groups in total. The summed E-state index contributed by atoms with van der Waals surface area (Å²) in [5, 5.41) is -0.486. The van der Waals surface area contributed by atoms with Crippen LogP contribution in [0.25, 0.3) is 0 Å². The molecule has 6 nitrogen and oxygen atoms in total. The van der Waals surface area contributed by atoms with Crippen LogP contribution in [0.1, 0.15) is 43.7 Å². The van der Waals surface area contributed by atoms with Crippen molar-refractivity contribution in [2.24, 2.45) is 11.8 Å². The molecule has 1 aliphatic rings. The van der Waals surface area contributed by atoms with Gasteiger partial charge in [-0.2, -0.15) is 4.31 Å². The van der Waals surface area contributed by atoms with Crippen molar-refractivity contribution in [3.8, 4) is 11.5 Å². The highest BCUT2D eigenvalue weighted by molar-refractivity contribution is 7.89. The Kier molecular flexibility index (Phi) is 10.2. The number of hydrogen-bond donors (Lipinski definition) is 0. The van der Waals surface area contributed by atoms with E-state index in [0.717, 1.165) is 35.5 Å². The van der Waals surface area contributed by atoms with Crippen LogP contribution in [0.5, 0.6) is 11.5 Å². The van der Waals surface area contributed by atoms with Crippen molar-refractivity contribution in [1.29, 1.82) is 0 Å². The van der Waals surface area contributed by atoms with Gasteiger partial charge in [-0.1, -0.05) is 37.3 Å². The van der Waals surface area contributed by atoms with Crippen molar-refractivity contribution < 1.29 is 22.6 Å². The Morgan fingerprint density at radius 3 is 1.89 bits per heavy atom. The van der Waals surface area contributed by atoms with Gasteiger partial charge in [0.25, 0.3) is 0 Å². The van der Waals surface area contributed by atoms with Crippen LogP contribution in [-0.4, -0.2) is 45.4 Å². The number of ether oxygens (including phenoxy) is 3. The molecule has 0 amide bonds. The van der Waals surface area contributed by atoms with Crippen LogP contribution < -0.4 is 9.47 Å². The summed E-state index contributed by atoms with van der Waals surface area (Å²) < 4.78 is 46.3. The molecular weight excluding hydrogens is 462 g/mol. The predicted molar refractivity (Wildman–Crippen MR) is 140 cm³/mol. The normalized spacial score (nSPS) is 16.6. The van der Waals surface area contributed by atoms with Gasteiger partial charge in [0.1, 0.15) is 11.5 Å². The average molecular weight is 502 g/mol. The molecule has 0 aromatic heterocycles. The molecule has 192 valence electrons. The molecule has 2 aromatic rings. The number of nitrogens with zero attached hydrogens (tertiary/aromatic N) is 1. The van der Waals surface area contributed by atoms with Crippen molar-refractivity contribution in [1.82, 2.24) is 4.31 Å². The molecule has 35 heavy (non-hydrogen) atoms. The van der Waals surface area contributed by atoms with Gasteiger partial charge in [-0.15, -0.1) is 6.58 Å². The van der Waals surface area contributed by atoms with Crippen molar-refractivity contribution in [3.63, 3.8) is 0 Å². The Balaban J connectivity index is 1.93. The van der Waals surface area contributed by atoms with Crippen LogP contribution in [0, 0.1) is 11.8 Å². The summed E-state index contributed by atoms with van der Waals surface area (Å²) in [7, 11) is -0.385. The first kappa shape index (κ1) is 27.2. The number of sulfonamides is 1. The number of allylic oxidation sites excluding steroid dienone is 1. The smallest absolute Gasteiger partial charge is 0.217 e. The molecule has 2 atom stereocenters. The largest absolute Gasteiger partial charge is 0.497 e. The molecule has 0 aliphatic carbocycles. The van der Waals surface area contributed by atoms with Gasteiger partial charge in [0.15, 0.2) is 0 Å². The van der Waals surface area contributed by atoms with E-state index in [1.54, 1.807) is 18.5 Å². The van der Waals surface area contributed by atoms with Crippen molar-refractivity contribution >= 4 is 10.0 Å². The van der Waals surface area contributed by atoms with E-state index in [-0.39, 0.29) is 5.92 Å². The Morgan fingerprint density at radius 1 is 0.971 bits per heavy atom. The third kappa shape index (κ3) is 7.56. The highest BCUT2D eigenvalue weighted by atomic mass is 32.2. The second-order valence-electron chi connectivity index (χ2n) is 9.34. The second-order valence-corrected chi connectivity index (χ2v) is 11.5. The summed E-state index contributed by atoms with van der Waals surface area (Å²) in [6.07, 6.45) is 4.94. The minimum absolute atomic E-state index is 0.0328. The summed E-state index contributed by atoms with van der Waals surface area (Å²) in [6.45, 7) is 7.90. The van der Waals surface area contributed by atoms with E-state index in [1.165, 1.54) is 0 Å². The maximum Gasteiger partial charge on any atom is 0.217 e. The zero-order chi connectivity index (χ0) is 25.3. The van der Waals surface area contributed by atoms with Crippen molar-refractivity contribution in [2.75, 3.05) is 27.4 Å². The summed E-state index contributed by atoms with van der Waals surface area (Å²) in [5.41, 5.74) is 1.84. The van der Waals surface area contributed by atoms with Gasteiger partial charge in [0, 0.05) is 26.3 Å². The maximum absolute atomic E-state index is 14.3. The lowest BCUT2D eigenvalue weighted by atomic mass is 9.89. The van der Waals surface area contributed by atoms with Crippen LogP contribution in [0.3, 0.4) is 0 Å². The fourth-order valence-corrected chi connectivity index (χ4v) is 6.92. The van der Waals surface area contributed by atoms with E-state index in [4.69, 9.17) is 14.2 Å². The molecule has 0 saturated carbocycles. The molecule has 1 heterocycles. The van der Waals surface area contributed by atoms with Crippen LogP contribution >= 0.6 is 0 Å². The average Bonchev–Trinajstić information content (AvgIpc) is 2.88. The van der Waals surface area contributed by atoms with Gasteiger partial charge >= 0.3 is 0 Å². The van der Waals surface area contributed by atoms with E-state index in [9.17, 15) is 8.42 Å². The van der Waals surface area contributed by atoms with E-state index in [2.05, 4.69) is 6.58 Å². The molecule has 0 bridgehead atoms. The van der Waals surface area contributed by atoms with Gasteiger partial charge in [-0.05, 0) is 72.9 Å². The first-order valence-electron chi connectivity index (χ1n) is 12.3. The van der Waals surface area contributed by atoms with E-state index < -0.39 is 15.3 Å². The summed E-state index contributed by atoms with van der Waals surface area (Å²) >= 11 is 0. The van der Waals surface area contributed by atoms with E-state index in [0.29, 0.717) is 45.1 Å². The number of hydrogen-bond acceptors (Lipinski definition) is 5. The predicted octanol–water partition coefficient (Wildman–Crippen LogP) is 5.43. The van der Waals surface area contributed by atoms with Crippen molar-refractivity contribution in [2.45, 2.75) is 50.9 Å². The van der Waals surface area contributed by atoms with Crippen LogP contribution in [-0.2, 0) is 27.8 Å². The molecule has 1 saturated heterocycles. The first-order valence-corrected chi connectivity index (χ1v) is 13.8. The molecule has 2 aromatic carbocycles. The van der Waals surface area contributed by atoms with Gasteiger partial charge in [0.05, 0.1) is 19.5 Å². The molecule has 2 unspecified atom stereocenters. The first-order chi connectivity index (χ1) is 16.9. The topological polar surface area (TPSA) is 65.1 Å². The van der Waals surface area contributed by atoms with Crippen LogP contribution in [0.4, 0.5) is 0 Å². The van der Waals surface area contributed by atoms with E-state index in [1.807, 2.05) is 61.5 Å². The zero-order valence-electron chi connectivity index (χ0n) is 21.2. The Morgan fingerprint density at radius 2 is 1.46 bits per heavy atom. The molecule has 1 fully saturated rings. The van der Waals surface area contributed by atoms with Gasteiger partial charge in [-0.3, -0.25) is 0 Å². The molecule has 1 aliphatic heterocycles. The van der Waals surface area contributed by atoms with Crippen molar-refractivity contribution in [3.05, 3.63) is 72.3 Å². The van der Waals surface area contributed by atoms with E-state index >= 15 is 0 Å². The molecule has 3 rings (SSSR count). The lowest BCUT2D eigenvalue weighted by molar-refractivity contribution is 0.0622. The SMILES string of the molecule is C=CCC(C)C(CC1CCOCC1)S(=O)(=O)N(Cc1ccc(OC)cc1)Cc1ccc(OC)cc1. The monoisotopic (exact) mass is 501 g/mol. The number of methoxy groups -OCH3 is 2. The fraction of sp³-hybridized carbons (Fsp3) is 0.500. The molecule has 0 spiro atoms. The molecule has 7 heteroatoms. The Bertz CT molecular complexity index is 965. The lowest BCUT2D eigenvalue weighted by Crippen LogP contribution is -2.42. The highest BCUT2D eigenvalue weighted by Crippen LogP contribution is 2.32. The lowest BCUT2D eigenvalue weighted by Gasteiger charge is -2.34. The Labute approximate surface area is 210 Å². The van der Waals surface area contributed by atoms with Gasteiger partial charge in [0.2, 0.25) is 10.0 Å². The summed E-state index contributed by atoms with van der Waals surface area (Å²) in [6, 6.07) is 15.2. The minimum Gasteiger partial charge on any atom is -0.497 e. The quantitative estimate of drug-likeness (QED) is 0.342. The van der Waals surface area contributed by atoms with Gasteiger partial charge < -0.3 is 14.2 Å². The second kappa shape index (κ2) is 13.1. The van der Waals surface area contributed by atoms with Crippen LogP contribution in [0.15, 0.2) is 61.2 Å².